The van der Waals surface area contributed by atoms with E-state index in [2.05, 4.69) is 13.8 Å². The molecule has 0 radical (unpaired) electrons. The zero-order valence-electron chi connectivity index (χ0n) is 30.4. The maximum Gasteiger partial charge on any atom is 0.198 e. The molecule has 1 aliphatic heterocycles. The summed E-state index contributed by atoms with van der Waals surface area (Å²) in [4.78, 5) is 4.98. The number of aliphatic hydroxyl groups is 1. The minimum Gasteiger partial charge on any atom is -1.00 e. The van der Waals surface area contributed by atoms with E-state index in [-0.39, 0.29) is 12.4 Å². The summed E-state index contributed by atoms with van der Waals surface area (Å²) >= 11 is 0. The van der Waals surface area contributed by atoms with Crippen molar-refractivity contribution in [2.45, 2.75) is 219 Å². The average molecular weight is 642 g/mol. The van der Waals surface area contributed by atoms with Crippen LogP contribution in [0.15, 0.2) is 4.99 Å². The Balaban J connectivity index is 0.0000185. The van der Waals surface area contributed by atoms with E-state index in [1.165, 1.54) is 211 Å². The van der Waals surface area contributed by atoms with Crippen LogP contribution in [0.1, 0.15) is 219 Å². The smallest absolute Gasteiger partial charge is 0.198 e. The molecule has 1 N–H and O–H groups in total. The molecule has 0 spiro atoms. The number of nitrogens with zero attached hydrogens (tertiary/aromatic N) is 2. The van der Waals surface area contributed by atoms with Crippen molar-refractivity contribution >= 4 is 5.84 Å². The molecule has 3 nitrogen and oxygen atoms in total. The van der Waals surface area contributed by atoms with Crippen LogP contribution in [0.4, 0.5) is 0 Å². The number of quaternary nitrogens is 1. The Kier molecular flexibility index (Phi) is 34.1. The molecule has 0 bridgehead atoms. The molecule has 0 fully saturated rings. The Morgan fingerprint density at radius 2 is 0.773 bits per heavy atom. The van der Waals surface area contributed by atoms with Gasteiger partial charge in [-0.15, -0.1) is 0 Å². The first-order valence-corrected chi connectivity index (χ1v) is 20.3. The topological polar surface area (TPSA) is 32.6 Å². The van der Waals surface area contributed by atoms with E-state index < -0.39 is 0 Å². The second-order valence-electron chi connectivity index (χ2n) is 14.3. The van der Waals surface area contributed by atoms with Crippen LogP contribution in [0.25, 0.3) is 0 Å². The van der Waals surface area contributed by atoms with Crippen LogP contribution in [0.2, 0.25) is 0 Å². The first-order chi connectivity index (χ1) is 21.3. The minimum atomic E-state index is 0. The average Bonchev–Trinajstić information content (AvgIpc) is 3.41. The number of hydrogen-bond donors (Lipinski definition) is 1. The summed E-state index contributed by atoms with van der Waals surface area (Å²) < 4.78 is 1.01. The van der Waals surface area contributed by atoms with Crippen molar-refractivity contribution < 1.29 is 22.0 Å². The molecular formula is C40H81ClN2O. The Hall–Kier alpha value is -0.120. The van der Waals surface area contributed by atoms with Gasteiger partial charge < -0.3 is 17.5 Å². The summed E-state index contributed by atoms with van der Waals surface area (Å²) in [6.07, 6.45) is 45.3. The van der Waals surface area contributed by atoms with Gasteiger partial charge in [-0.25, -0.2) is 4.99 Å². The minimum absolute atomic E-state index is 0. The van der Waals surface area contributed by atoms with Crippen LogP contribution in [0, 0.1) is 0 Å². The number of hydrogen-bond acceptors (Lipinski definition) is 2. The molecule has 0 aromatic heterocycles. The molecule has 1 unspecified atom stereocenters. The van der Waals surface area contributed by atoms with Crippen LogP contribution in [0.5, 0.6) is 0 Å². The summed E-state index contributed by atoms with van der Waals surface area (Å²) in [5, 5.41) is 9.88. The lowest BCUT2D eigenvalue weighted by Crippen LogP contribution is -3.00. The Labute approximate surface area is 284 Å². The van der Waals surface area contributed by atoms with Crippen molar-refractivity contribution in [3.63, 3.8) is 0 Å². The normalized spacial score (nSPS) is 16.4. The maximum absolute atomic E-state index is 9.88. The SMILES string of the molecule is CCCCCCCCCCCCCCCCCC[N+]1(CCO)CCN=C1CCCCCCCCCCCCCCCCC.[Cl-]. The number of aliphatic hydroxyl groups excluding tert-OH is 1. The van der Waals surface area contributed by atoms with Crippen LogP contribution >= 0.6 is 0 Å². The highest BCUT2D eigenvalue weighted by atomic mass is 35.5. The highest BCUT2D eigenvalue weighted by Crippen LogP contribution is 2.23. The second-order valence-corrected chi connectivity index (χ2v) is 14.3. The predicted molar refractivity (Wildman–Crippen MR) is 193 cm³/mol. The third-order valence-electron chi connectivity index (χ3n) is 10.3. The van der Waals surface area contributed by atoms with E-state index >= 15 is 0 Å². The van der Waals surface area contributed by atoms with Crippen molar-refractivity contribution in [1.82, 2.24) is 0 Å². The Bertz CT molecular complexity index is 598. The number of aliphatic imine (C=N–C) groups is 1. The zero-order valence-corrected chi connectivity index (χ0v) is 31.1. The first kappa shape index (κ1) is 43.9. The third-order valence-corrected chi connectivity index (χ3v) is 10.3. The molecule has 0 aromatic carbocycles. The van der Waals surface area contributed by atoms with Gasteiger partial charge in [0.1, 0.15) is 13.1 Å². The molecule has 1 atom stereocenters. The van der Waals surface area contributed by atoms with Crippen LogP contribution in [0.3, 0.4) is 0 Å². The molecule has 264 valence electrons. The van der Waals surface area contributed by atoms with Gasteiger partial charge in [0, 0.05) is 6.42 Å². The molecule has 0 aromatic rings. The molecule has 0 saturated heterocycles. The Morgan fingerprint density at radius 1 is 0.455 bits per heavy atom. The highest BCUT2D eigenvalue weighted by Gasteiger charge is 2.36. The quantitative estimate of drug-likeness (QED) is 0.0543. The van der Waals surface area contributed by atoms with Crippen molar-refractivity contribution in [2.75, 3.05) is 32.8 Å². The number of rotatable bonds is 35. The molecular weight excluding hydrogens is 560 g/mol. The lowest BCUT2D eigenvalue weighted by molar-refractivity contribution is -0.837. The third kappa shape index (κ3) is 25.0. The summed E-state index contributed by atoms with van der Waals surface area (Å²) in [5.74, 6) is 1.42. The fraction of sp³-hybridized carbons (Fsp3) is 0.975. The van der Waals surface area contributed by atoms with Crippen molar-refractivity contribution in [3.05, 3.63) is 0 Å². The standard InChI is InChI=1S/C40H81N2O.ClH/c1-3-5-7-9-11-13-15-17-19-21-23-25-27-29-31-33-36-42(38-39-43)37-35-41-40(42)34-32-30-28-26-24-22-20-18-16-14-12-10-8-6-4-2;/h43H,3-39H2,1-2H3;1H/q+1;/p-1. The van der Waals surface area contributed by atoms with Crippen LogP contribution < -0.4 is 12.4 Å². The lowest BCUT2D eigenvalue weighted by Gasteiger charge is -2.34. The fourth-order valence-electron chi connectivity index (χ4n) is 7.37. The van der Waals surface area contributed by atoms with E-state index in [1.54, 1.807) is 0 Å². The van der Waals surface area contributed by atoms with Crippen LogP contribution in [-0.2, 0) is 0 Å². The molecule has 4 heteroatoms. The van der Waals surface area contributed by atoms with Gasteiger partial charge in [-0.05, 0) is 19.3 Å². The molecule has 1 heterocycles. The van der Waals surface area contributed by atoms with E-state index in [9.17, 15) is 5.11 Å². The van der Waals surface area contributed by atoms with E-state index in [0.717, 1.165) is 30.5 Å². The molecule has 1 rings (SSSR count). The van der Waals surface area contributed by atoms with Crippen molar-refractivity contribution in [1.29, 1.82) is 0 Å². The predicted octanol–water partition coefficient (Wildman–Crippen LogP) is 9.73. The summed E-state index contributed by atoms with van der Waals surface area (Å²) in [6, 6.07) is 0. The van der Waals surface area contributed by atoms with Crippen molar-refractivity contribution in [3.8, 4) is 0 Å². The lowest BCUT2D eigenvalue weighted by atomic mass is 10.0. The molecule has 0 amide bonds. The largest absolute Gasteiger partial charge is 1.00 e. The molecule has 0 aliphatic carbocycles. The van der Waals surface area contributed by atoms with Gasteiger partial charge in [0.15, 0.2) is 5.84 Å². The summed E-state index contributed by atoms with van der Waals surface area (Å²) in [7, 11) is 0. The first-order valence-electron chi connectivity index (χ1n) is 20.3. The monoisotopic (exact) mass is 641 g/mol. The van der Waals surface area contributed by atoms with Gasteiger partial charge in [0.05, 0.1) is 19.7 Å². The fourth-order valence-corrected chi connectivity index (χ4v) is 7.37. The number of amidine groups is 1. The highest BCUT2D eigenvalue weighted by molar-refractivity contribution is 5.76. The van der Waals surface area contributed by atoms with Gasteiger partial charge in [-0.1, -0.05) is 194 Å². The van der Waals surface area contributed by atoms with E-state index in [0.29, 0.717) is 6.61 Å². The van der Waals surface area contributed by atoms with E-state index in [1.807, 2.05) is 0 Å². The molecule has 44 heavy (non-hydrogen) atoms. The zero-order chi connectivity index (χ0) is 30.9. The molecule has 0 saturated carbocycles. The maximum atomic E-state index is 9.88. The van der Waals surface area contributed by atoms with Gasteiger partial charge >= 0.3 is 0 Å². The van der Waals surface area contributed by atoms with Crippen LogP contribution in [-0.4, -0.2) is 48.2 Å². The second kappa shape index (κ2) is 34.2. The number of unbranched alkanes of at least 4 members (excludes halogenated alkanes) is 29. The van der Waals surface area contributed by atoms with Crippen molar-refractivity contribution in [2.24, 2.45) is 4.99 Å². The van der Waals surface area contributed by atoms with Gasteiger partial charge in [-0.2, -0.15) is 0 Å². The van der Waals surface area contributed by atoms with Gasteiger partial charge in [0.25, 0.3) is 0 Å². The van der Waals surface area contributed by atoms with E-state index in [4.69, 9.17) is 4.99 Å². The van der Waals surface area contributed by atoms with Gasteiger partial charge in [-0.3, -0.25) is 4.48 Å². The Morgan fingerprint density at radius 3 is 1.11 bits per heavy atom. The summed E-state index contributed by atoms with van der Waals surface area (Å²) in [5.41, 5.74) is 0. The summed E-state index contributed by atoms with van der Waals surface area (Å²) in [6.45, 7) is 9.11. The number of halogens is 1. The molecule has 1 aliphatic rings. The van der Waals surface area contributed by atoms with Gasteiger partial charge in [0.2, 0.25) is 0 Å².